The number of ether oxygens (including phenoxy) is 3. The molecule has 6 N–H and O–H groups in total. The van der Waals surface area contributed by atoms with E-state index in [2.05, 4.69) is 5.32 Å². The minimum absolute atomic E-state index is 0.336. The summed E-state index contributed by atoms with van der Waals surface area (Å²) in [4.78, 5) is 11.7. The van der Waals surface area contributed by atoms with E-state index in [1.54, 1.807) is 6.92 Å². The second-order valence-corrected chi connectivity index (χ2v) is 7.49. The fourth-order valence-corrected chi connectivity index (χ4v) is 4.07. The zero-order valence-electron chi connectivity index (χ0n) is 16.5. The first-order valence-corrected chi connectivity index (χ1v) is 9.72. The van der Waals surface area contributed by atoms with Crippen LogP contribution in [0.2, 0.25) is 0 Å². The lowest BCUT2D eigenvalue weighted by atomic mass is 9.77. The van der Waals surface area contributed by atoms with Crippen molar-refractivity contribution in [2.24, 2.45) is 5.92 Å². The summed E-state index contributed by atoms with van der Waals surface area (Å²) < 4.78 is 17.2. The molecule has 1 amide bonds. The predicted molar refractivity (Wildman–Crippen MR) is 96.3 cm³/mol. The van der Waals surface area contributed by atoms with Crippen LogP contribution in [0.15, 0.2) is 0 Å². The molecule has 2 aliphatic rings. The molecule has 10 heteroatoms. The smallest absolute Gasteiger partial charge is 0.217 e. The molecule has 2 saturated heterocycles. The van der Waals surface area contributed by atoms with Gasteiger partial charge in [-0.15, -0.1) is 0 Å². The molecule has 28 heavy (non-hydrogen) atoms. The van der Waals surface area contributed by atoms with Crippen LogP contribution in [0.25, 0.3) is 0 Å². The summed E-state index contributed by atoms with van der Waals surface area (Å²) in [5.41, 5.74) is 0. The van der Waals surface area contributed by atoms with E-state index in [1.165, 1.54) is 6.92 Å². The number of amides is 1. The number of aliphatic hydroxyl groups excluding tert-OH is 5. The molecule has 10 atom stereocenters. The summed E-state index contributed by atoms with van der Waals surface area (Å²) in [5.74, 6) is -1.39. The Bertz CT molecular complexity index is 505. The lowest BCUT2D eigenvalue weighted by molar-refractivity contribution is -0.275. The predicted octanol–water partition coefficient (Wildman–Crippen LogP) is -2.48. The molecule has 10 nitrogen and oxygen atoms in total. The zero-order chi connectivity index (χ0) is 21.0. The Kier molecular flexibility index (Phi) is 8.59. The highest BCUT2D eigenvalue weighted by Crippen LogP contribution is 2.36. The third-order valence-electron chi connectivity index (χ3n) is 5.42. The zero-order valence-corrected chi connectivity index (χ0v) is 16.5. The standard InChI is InChI=1S/C18H33NO9/c1-4-5-26-17-11(7-21)28-18(16(25)13(17)19-9(3)22)12-10(6-20)27-8(2)14(23)15(12)24/h8,10-18,20-21,23-25H,4-7H2,1-3H3,(H,19,22)/t8-,10-,11-,12-,13+,14+,15+,16+,17-,18?/m1/s1. The third-order valence-corrected chi connectivity index (χ3v) is 5.42. The highest BCUT2D eigenvalue weighted by Gasteiger charge is 2.55. The second-order valence-electron chi connectivity index (χ2n) is 7.49. The van der Waals surface area contributed by atoms with Gasteiger partial charge in [-0.05, 0) is 13.3 Å². The molecule has 0 aromatic heterocycles. The second kappa shape index (κ2) is 10.3. The first-order chi connectivity index (χ1) is 13.3. The van der Waals surface area contributed by atoms with Crippen LogP contribution in [0.4, 0.5) is 0 Å². The van der Waals surface area contributed by atoms with E-state index in [1.807, 2.05) is 6.92 Å². The Morgan fingerprint density at radius 3 is 2.21 bits per heavy atom. The van der Waals surface area contributed by atoms with Gasteiger partial charge in [-0.2, -0.15) is 0 Å². The number of nitrogens with one attached hydrogen (secondary N) is 1. The normalized spacial score (nSPS) is 44.3. The molecular weight excluding hydrogens is 374 g/mol. The molecule has 0 saturated carbocycles. The van der Waals surface area contributed by atoms with Crippen LogP contribution < -0.4 is 5.32 Å². The van der Waals surface area contributed by atoms with E-state index in [-0.39, 0.29) is 0 Å². The molecule has 2 rings (SSSR count). The molecule has 0 aromatic rings. The van der Waals surface area contributed by atoms with Crippen LogP contribution in [0.3, 0.4) is 0 Å². The van der Waals surface area contributed by atoms with Gasteiger partial charge in [0.2, 0.25) is 5.91 Å². The van der Waals surface area contributed by atoms with E-state index >= 15 is 0 Å². The Balaban J connectivity index is 2.34. The van der Waals surface area contributed by atoms with E-state index in [9.17, 15) is 30.3 Å². The highest BCUT2D eigenvalue weighted by atomic mass is 16.6. The highest BCUT2D eigenvalue weighted by molar-refractivity contribution is 5.73. The minimum atomic E-state index is -1.34. The molecule has 0 aromatic carbocycles. The Hall–Kier alpha value is -0.850. The van der Waals surface area contributed by atoms with Crippen molar-refractivity contribution in [3.63, 3.8) is 0 Å². The molecular formula is C18H33NO9. The topological polar surface area (TPSA) is 158 Å². The van der Waals surface area contributed by atoms with Gasteiger partial charge < -0.3 is 45.1 Å². The first kappa shape index (κ1) is 23.4. The van der Waals surface area contributed by atoms with Crippen LogP contribution in [-0.4, -0.2) is 106 Å². The first-order valence-electron chi connectivity index (χ1n) is 9.72. The summed E-state index contributed by atoms with van der Waals surface area (Å²) in [7, 11) is 0. The molecule has 2 heterocycles. The van der Waals surface area contributed by atoms with Crippen LogP contribution in [-0.2, 0) is 19.0 Å². The average molecular weight is 407 g/mol. The maximum absolute atomic E-state index is 11.7. The third kappa shape index (κ3) is 4.82. The van der Waals surface area contributed by atoms with Crippen molar-refractivity contribution >= 4 is 5.91 Å². The average Bonchev–Trinajstić information content (AvgIpc) is 2.66. The molecule has 0 aliphatic carbocycles. The van der Waals surface area contributed by atoms with Crippen molar-refractivity contribution in [1.29, 1.82) is 0 Å². The molecule has 0 radical (unpaired) electrons. The van der Waals surface area contributed by atoms with Crippen molar-refractivity contribution < 1.29 is 44.5 Å². The Morgan fingerprint density at radius 1 is 1.04 bits per heavy atom. The molecule has 2 aliphatic heterocycles. The number of hydrogen-bond donors (Lipinski definition) is 6. The number of hydrogen-bond acceptors (Lipinski definition) is 9. The van der Waals surface area contributed by atoms with Crippen molar-refractivity contribution in [3.05, 3.63) is 0 Å². The van der Waals surface area contributed by atoms with Crippen molar-refractivity contribution in [2.75, 3.05) is 19.8 Å². The quantitative estimate of drug-likeness (QED) is 0.269. The summed E-state index contributed by atoms with van der Waals surface area (Å²) in [5, 5.41) is 53.9. The summed E-state index contributed by atoms with van der Waals surface area (Å²) in [6, 6.07) is -0.914. The Labute approximate surface area is 164 Å². The maximum atomic E-state index is 11.7. The largest absolute Gasteiger partial charge is 0.394 e. The minimum Gasteiger partial charge on any atom is -0.394 e. The molecule has 0 bridgehead atoms. The van der Waals surface area contributed by atoms with Crippen LogP contribution in [0, 0.1) is 5.92 Å². The van der Waals surface area contributed by atoms with Crippen LogP contribution in [0.1, 0.15) is 27.2 Å². The van der Waals surface area contributed by atoms with Gasteiger partial charge in [0.15, 0.2) is 0 Å². The molecule has 2 fully saturated rings. The molecule has 164 valence electrons. The number of carbonyl (C=O) groups excluding carboxylic acids is 1. The number of carbonyl (C=O) groups is 1. The van der Waals surface area contributed by atoms with Crippen molar-refractivity contribution in [2.45, 2.75) is 82.1 Å². The van der Waals surface area contributed by atoms with Gasteiger partial charge in [0.25, 0.3) is 0 Å². The van der Waals surface area contributed by atoms with E-state index < -0.39 is 79.9 Å². The Morgan fingerprint density at radius 2 is 1.68 bits per heavy atom. The number of aliphatic hydroxyl groups is 5. The van der Waals surface area contributed by atoms with Gasteiger partial charge >= 0.3 is 0 Å². The van der Waals surface area contributed by atoms with Crippen molar-refractivity contribution in [3.8, 4) is 0 Å². The maximum Gasteiger partial charge on any atom is 0.217 e. The SMILES string of the molecule is CCCO[C@H]1[C@@H](NC(C)=O)[C@H](O)C([C@H]2[C@H](O)[C@@H](O)[C@@H](C)O[C@@H]2CO)O[C@@H]1CO. The molecule has 1 unspecified atom stereocenters. The number of rotatable bonds is 7. The molecule has 0 spiro atoms. The summed E-state index contributed by atoms with van der Waals surface area (Å²) in [6.07, 6.45) is -7.67. The van der Waals surface area contributed by atoms with Crippen LogP contribution >= 0.6 is 0 Å². The van der Waals surface area contributed by atoms with Gasteiger partial charge in [0.1, 0.15) is 24.4 Å². The van der Waals surface area contributed by atoms with Crippen molar-refractivity contribution in [1.82, 2.24) is 5.32 Å². The van der Waals surface area contributed by atoms with Gasteiger partial charge in [0, 0.05) is 19.4 Å². The van der Waals surface area contributed by atoms with Gasteiger partial charge in [0.05, 0.1) is 43.7 Å². The van der Waals surface area contributed by atoms with E-state index in [4.69, 9.17) is 14.2 Å². The fraction of sp³-hybridized carbons (Fsp3) is 0.944. The summed E-state index contributed by atoms with van der Waals surface area (Å²) >= 11 is 0. The van der Waals surface area contributed by atoms with E-state index in [0.29, 0.717) is 13.0 Å². The van der Waals surface area contributed by atoms with Gasteiger partial charge in [-0.1, -0.05) is 6.92 Å². The lowest BCUT2D eigenvalue weighted by Gasteiger charge is -2.51. The fourth-order valence-electron chi connectivity index (χ4n) is 4.07. The summed E-state index contributed by atoms with van der Waals surface area (Å²) in [6.45, 7) is 4.19. The lowest BCUT2D eigenvalue weighted by Crippen LogP contribution is -2.70. The van der Waals surface area contributed by atoms with Crippen LogP contribution in [0.5, 0.6) is 0 Å². The monoisotopic (exact) mass is 407 g/mol. The van der Waals surface area contributed by atoms with Gasteiger partial charge in [-0.25, -0.2) is 0 Å². The van der Waals surface area contributed by atoms with E-state index in [0.717, 1.165) is 0 Å². The van der Waals surface area contributed by atoms with Gasteiger partial charge in [-0.3, -0.25) is 4.79 Å².